The molecule has 172 valence electrons. The van der Waals surface area contributed by atoms with Crippen molar-refractivity contribution in [3.8, 4) is 23.3 Å². The molecule has 1 heterocycles. The van der Waals surface area contributed by atoms with Crippen LogP contribution in [0.2, 0.25) is 0 Å². The van der Waals surface area contributed by atoms with Crippen LogP contribution >= 0.6 is 8.03 Å². The van der Waals surface area contributed by atoms with E-state index in [2.05, 4.69) is 12.0 Å². The number of pyridine rings is 1. The van der Waals surface area contributed by atoms with Gasteiger partial charge in [0.1, 0.15) is 11.9 Å². The van der Waals surface area contributed by atoms with Crippen LogP contribution in [-0.2, 0) is 13.9 Å². The van der Waals surface area contributed by atoms with Crippen molar-refractivity contribution >= 4 is 24.9 Å². The Balaban J connectivity index is 2.08. The van der Waals surface area contributed by atoms with Crippen molar-refractivity contribution in [2.24, 2.45) is 0 Å². The summed E-state index contributed by atoms with van der Waals surface area (Å²) in [5.74, 6) is 1.49. The first-order valence-electron chi connectivity index (χ1n) is 10.5. The standard InChI is InChI=1S/C25H25FNO5P/c1-15(2)24-19-6-4-5-7-22(19)27-25(17-8-9-21(26)16(3)12-17)20(24)10-11-32-33(31)14-18(28)13-23(29)30/h4-9,12,15,18,28,33H,13-14H2,1-3H3,(H,29,30)/t18-/m0/s1. The zero-order chi connectivity index (χ0) is 24.1. The molecule has 3 rings (SSSR count). The van der Waals surface area contributed by atoms with E-state index < -0.39 is 26.5 Å². The van der Waals surface area contributed by atoms with E-state index in [0.717, 1.165) is 16.5 Å². The van der Waals surface area contributed by atoms with Crippen molar-refractivity contribution in [2.45, 2.75) is 39.2 Å². The number of para-hydroxylation sites is 1. The van der Waals surface area contributed by atoms with Crippen LogP contribution in [0.1, 0.15) is 42.9 Å². The number of carboxylic acids is 1. The number of aryl methyl sites for hydroxylation is 1. The van der Waals surface area contributed by atoms with Crippen LogP contribution in [0.15, 0.2) is 42.5 Å². The Bertz CT molecular complexity index is 1280. The molecular formula is C25H25FNO5P. The Labute approximate surface area is 192 Å². The second-order valence-corrected chi connectivity index (χ2v) is 9.40. The predicted octanol–water partition coefficient (Wildman–Crippen LogP) is 5.11. The first-order chi connectivity index (χ1) is 15.7. The number of aliphatic hydroxyl groups is 1. The number of aliphatic carboxylic acids is 1. The molecular weight excluding hydrogens is 444 g/mol. The predicted molar refractivity (Wildman–Crippen MR) is 126 cm³/mol. The normalized spacial score (nSPS) is 12.8. The lowest BCUT2D eigenvalue weighted by molar-refractivity contribution is -0.138. The molecule has 0 aliphatic rings. The number of carboxylic acid groups (broad SMARTS) is 1. The minimum absolute atomic E-state index is 0.0666. The van der Waals surface area contributed by atoms with Crippen LogP contribution in [-0.4, -0.2) is 33.4 Å². The zero-order valence-corrected chi connectivity index (χ0v) is 19.6. The van der Waals surface area contributed by atoms with Gasteiger partial charge in [0.2, 0.25) is 8.03 Å². The fraction of sp³-hybridized carbons (Fsp3) is 0.280. The molecule has 6 nitrogen and oxygen atoms in total. The van der Waals surface area contributed by atoms with E-state index in [1.807, 2.05) is 38.1 Å². The zero-order valence-electron chi connectivity index (χ0n) is 18.6. The molecule has 2 aromatic carbocycles. The maximum Gasteiger partial charge on any atom is 0.305 e. The average molecular weight is 469 g/mol. The Kier molecular flexibility index (Phi) is 7.86. The van der Waals surface area contributed by atoms with Gasteiger partial charge in [-0.05, 0) is 54.2 Å². The fourth-order valence-electron chi connectivity index (χ4n) is 3.61. The van der Waals surface area contributed by atoms with Gasteiger partial charge in [0.05, 0.1) is 35.5 Å². The number of nitrogens with zero attached hydrogens (tertiary/aromatic N) is 1. The van der Waals surface area contributed by atoms with Gasteiger partial charge in [0, 0.05) is 10.9 Å². The summed E-state index contributed by atoms with van der Waals surface area (Å²) in [6.07, 6.45) is 0.367. The highest BCUT2D eigenvalue weighted by atomic mass is 31.1. The van der Waals surface area contributed by atoms with Gasteiger partial charge in [-0.2, -0.15) is 0 Å². The molecule has 0 aliphatic carbocycles. The first-order valence-corrected chi connectivity index (χ1v) is 12.0. The van der Waals surface area contributed by atoms with Crippen molar-refractivity contribution in [3.63, 3.8) is 0 Å². The van der Waals surface area contributed by atoms with Gasteiger partial charge in [-0.15, -0.1) is 0 Å². The summed E-state index contributed by atoms with van der Waals surface area (Å²) in [5, 5.41) is 19.3. The highest BCUT2D eigenvalue weighted by Gasteiger charge is 2.19. The van der Waals surface area contributed by atoms with Gasteiger partial charge in [-0.25, -0.2) is 9.37 Å². The molecule has 3 aromatic rings. The third-order valence-electron chi connectivity index (χ3n) is 5.09. The summed E-state index contributed by atoms with van der Waals surface area (Å²) in [6, 6.07) is 12.4. The Hall–Kier alpha value is -3.20. The van der Waals surface area contributed by atoms with Crippen molar-refractivity contribution in [1.82, 2.24) is 4.98 Å². The minimum Gasteiger partial charge on any atom is -0.481 e. The van der Waals surface area contributed by atoms with Gasteiger partial charge in [0.25, 0.3) is 0 Å². The summed E-state index contributed by atoms with van der Waals surface area (Å²) in [6.45, 7) is 5.73. The molecule has 0 spiro atoms. The van der Waals surface area contributed by atoms with E-state index in [0.29, 0.717) is 22.4 Å². The van der Waals surface area contributed by atoms with Crippen LogP contribution < -0.4 is 0 Å². The van der Waals surface area contributed by atoms with Crippen molar-refractivity contribution in [2.75, 3.05) is 6.16 Å². The lowest BCUT2D eigenvalue weighted by Crippen LogP contribution is -2.15. The van der Waals surface area contributed by atoms with Crippen LogP contribution in [0.3, 0.4) is 0 Å². The third kappa shape index (κ3) is 5.98. The maximum absolute atomic E-state index is 13.9. The largest absolute Gasteiger partial charge is 0.481 e. The Morgan fingerprint density at radius 1 is 1.24 bits per heavy atom. The van der Waals surface area contributed by atoms with Gasteiger partial charge in [-0.1, -0.05) is 32.0 Å². The molecule has 0 saturated heterocycles. The molecule has 0 radical (unpaired) electrons. The van der Waals surface area contributed by atoms with Crippen LogP contribution in [0.4, 0.5) is 4.39 Å². The van der Waals surface area contributed by atoms with Gasteiger partial charge in [0.15, 0.2) is 0 Å². The number of halogens is 1. The van der Waals surface area contributed by atoms with Gasteiger partial charge < -0.3 is 14.7 Å². The quantitative estimate of drug-likeness (QED) is 0.369. The molecule has 0 fully saturated rings. The van der Waals surface area contributed by atoms with Crippen molar-refractivity contribution in [3.05, 3.63) is 65.0 Å². The lowest BCUT2D eigenvalue weighted by atomic mass is 9.90. The molecule has 0 bridgehead atoms. The number of hydrogen-bond acceptors (Lipinski definition) is 5. The highest BCUT2D eigenvalue weighted by molar-refractivity contribution is 7.39. The van der Waals surface area contributed by atoms with Crippen LogP contribution in [0.5, 0.6) is 0 Å². The number of benzene rings is 2. The van der Waals surface area contributed by atoms with Crippen molar-refractivity contribution < 1.29 is 28.5 Å². The lowest BCUT2D eigenvalue weighted by Gasteiger charge is -2.17. The van der Waals surface area contributed by atoms with E-state index >= 15 is 0 Å². The molecule has 0 amide bonds. The summed E-state index contributed by atoms with van der Waals surface area (Å²) in [5.41, 5.74) is 4.00. The van der Waals surface area contributed by atoms with E-state index in [1.165, 1.54) is 6.07 Å². The van der Waals surface area contributed by atoms with Gasteiger partial charge in [-0.3, -0.25) is 9.36 Å². The molecule has 8 heteroatoms. The molecule has 0 aliphatic heterocycles. The number of aromatic nitrogens is 1. The number of carbonyl (C=O) groups is 1. The van der Waals surface area contributed by atoms with E-state index in [9.17, 15) is 18.9 Å². The summed E-state index contributed by atoms with van der Waals surface area (Å²) in [7, 11) is -2.77. The minimum atomic E-state index is -2.77. The molecule has 33 heavy (non-hydrogen) atoms. The monoisotopic (exact) mass is 469 g/mol. The van der Waals surface area contributed by atoms with E-state index in [-0.39, 0.29) is 17.9 Å². The summed E-state index contributed by atoms with van der Waals surface area (Å²) < 4.78 is 31.2. The van der Waals surface area contributed by atoms with Crippen LogP contribution in [0.25, 0.3) is 22.2 Å². The summed E-state index contributed by atoms with van der Waals surface area (Å²) >= 11 is 0. The van der Waals surface area contributed by atoms with E-state index in [1.54, 1.807) is 19.1 Å². The molecule has 1 aromatic heterocycles. The van der Waals surface area contributed by atoms with Crippen LogP contribution in [0, 0.1) is 24.8 Å². The average Bonchev–Trinajstić information content (AvgIpc) is 2.74. The second-order valence-electron chi connectivity index (χ2n) is 8.04. The second kappa shape index (κ2) is 10.6. The van der Waals surface area contributed by atoms with Crippen molar-refractivity contribution in [1.29, 1.82) is 0 Å². The highest BCUT2D eigenvalue weighted by Crippen LogP contribution is 2.35. The Morgan fingerprint density at radius 2 is 1.97 bits per heavy atom. The summed E-state index contributed by atoms with van der Waals surface area (Å²) in [4.78, 5) is 15.4. The number of fused-ring (bicyclic) bond motifs is 1. The molecule has 0 saturated carbocycles. The fourth-order valence-corrected chi connectivity index (χ4v) is 4.38. The molecule has 2 atom stereocenters. The Morgan fingerprint density at radius 3 is 2.64 bits per heavy atom. The van der Waals surface area contributed by atoms with Gasteiger partial charge >= 0.3 is 5.97 Å². The smallest absolute Gasteiger partial charge is 0.305 e. The first kappa shape index (κ1) is 24.4. The third-order valence-corrected chi connectivity index (χ3v) is 6.23. The molecule has 1 unspecified atom stereocenters. The maximum atomic E-state index is 13.9. The number of hydrogen-bond donors (Lipinski definition) is 2. The van der Waals surface area contributed by atoms with E-state index in [4.69, 9.17) is 14.6 Å². The molecule has 2 N–H and O–H groups in total. The SMILES string of the molecule is Cc1cc(-c2nc3ccccc3c(C(C)C)c2C#CO[PH](=O)C[C@@H](O)CC(=O)O)ccc1F. The topological polar surface area (TPSA) is 96.7 Å². The number of rotatable bonds is 7. The number of aliphatic hydroxyl groups excluding tert-OH is 1.